The first-order valence-electron chi connectivity index (χ1n) is 0.836. The molecule has 1 atom stereocenters. The Morgan fingerprint density at radius 2 is 2.25 bits per heavy atom. The van der Waals surface area contributed by atoms with Gasteiger partial charge in [-0.2, -0.15) is 0 Å². The normalized spacial score (nSPS) is 11.2. The summed E-state index contributed by atoms with van der Waals surface area (Å²) in [4.78, 5) is 7.72. The molecule has 1 unspecified atom stereocenters. The van der Waals surface area contributed by atoms with Gasteiger partial charge in [-0.15, -0.1) is 0 Å². The molecule has 0 rings (SSSR count). The van der Waals surface area contributed by atoms with Gasteiger partial charge in [0.1, 0.15) is 9.03 Å². The summed E-state index contributed by atoms with van der Waals surface area (Å²) in [5.74, 6) is 0. The minimum absolute atomic E-state index is 0.298. The van der Waals surface area contributed by atoms with E-state index in [1.165, 1.54) is 0 Å². The summed E-state index contributed by atoms with van der Waals surface area (Å²) in [5, 5.41) is 0. The lowest BCUT2D eigenvalue weighted by atomic mass is 15.8. The van der Waals surface area contributed by atoms with Gasteiger partial charge in [0.2, 0.25) is 0 Å². The Balaban J connectivity index is 1.97. The molecule has 0 aliphatic carbocycles. The van der Waals surface area contributed by atoms with Crippen molar-refractivity contribution in [3.8, 4) is 0 Å². The van der Waals surface area contributed by atoms with Gasteiger partial charge in [-0.25, -0.2) is 0 Å². The van der Waals surface area contributed by atoms with Gasteiger partial charge < -0.3 is 9.11 Å². The Hall–Kier alpha value is 0.567. The predicted octanol–water partition coefficient (Wildman–Crippen LogP) is -1.22. The molecule has 0 amide bonds. The minimum Gasteiger partial charge on any atom is -0.389 e. The minimum atomic E-state index is -0.298. The van der Waals surface area contributed by atoms with Crippen molar-refractivity contribution in [2.24, 2.45) is 0 Å². The molecular weight excluding hydrogens is 91.1 g/mol. The van der Waals surface area contributed by atoms with Crippen molar-refractivity contribution in [1.82, 2.24) is 0 Å². The summed E-state index contributed by atoms with van der Waals surface area (Å²) in [6, 6.07) is 0. The Morgan fingerprint density at radius 3 is 2.25 bits per heavy atom. The third-order valence-corrected chi connectivity index (χ3v) is 0.822. The van der Waals surface area contributed by atoms with Crippen LogP contribution in [0.15, 0.2) is 0 Å². The largest absolute Gasteiger partial charge is 0.389 e. The molecule has 0 spiro atoms. The van der Waals surface area contributed by atoms with E-state index >= 15 is 0 Å². The predicted molar refractivity (Wildman–Crippen MR) is 21.6 cm³/mol. The van der Waals surface area contributed by atoms with E-state index in [0.717, 1.165) is 0 Å². The number of hydrogen-bond acceptors (Lipinski definition) is 2. The second-order valence-corrected chi connectivity index (χ2v) is 2.11. The van der Waals surface area contributed by atoms with E-state index in [-0.39, 0.29) is 9.03 Å². The van der Waals surface area contributed by atoms with Crippen molar-refractivity contribution in [2.75, 3.05) is 0 Å². The fraction of sp³-hybridized carbons (Fsp3) is 0. The van der Waals surface area contributed by atoms with E-state index in [1.807, 2.05) is 0 Å². The molecule has 4 heavy (non-hydrogen) atoms. The maximum absolute atomic E-state index is 7.72. The molecule has 26 valence electrons. The van der Waals surface area contributed by atoms with Crippen molar-refractivity contribution in [1.29, 1.82) is 0 Å². The molecule has 0 radical (unpaired) electrons. The highest BCUT2D eigenvalue weighted by Crippen LogP contribution is 1.94. The Labute approximate surface area is 29.7 Å². The van der Waals surface area contributed by atoms with Crippen molar-refractivity contribution < 1.29 is 9.11 Å². The van der Waals surface area contributed by atoms with Gasteiger partial charge in [0, 0.05) is 0 Å². The maximum Gasteiger partial charge on any atom is 0.154 e. The summed E-state index contributed by atoms with van der Waals surface area (Å²) in [5.41, 5.74) is 0. The number of hydrogen-bond donors (Lipinski definition) is 1. The van der Waals surface area contributed by atoms with Gasteiger partial charge in [0.25, 0.3) is 0 Å². The summed E-state index contributed by atoms with van der Waals surface area (Å²) in [6.07, 6.45) is 0. The lowest BCUT2D eigenvalue weighted by Crippen LogP contribution is -1.55. The first-order valence-corrected chi connectivity index (χ1v) is 2.51. The van der Waals surface area contributed by atoms with Crippen LogP contribution in [-0.2, 0) is 4.21 Å². The highest BCUT2D eigenvalue weighted by Gasteiger charge is 1.52. The smallest absolute Gasteiger partial charge is 0.154 e. The summed E-state index contributed by atoms with van der Waals surface area (Å²) < 4.78 is 4.26. The summed E-state index contributed by atoms with van der Waals surface area (Å²) in [6.45, 7) is 0. The molecule has 2 nitrogen and oxygen atoms in total. The average Bonchev–Trinajstić information content (AvgIpc) is 1.37. The molecule has 4 heteroatoms. The highest BCUT2D eigenvalue weighted by molar-refractivity contribution is 7.26. The molecule has 0 saturated carbocycles. The Kier molecular flexibility index (Phi) is 4.07. The quantitative estimate of drug-likeness (QED) is 0.327. The molecule has 0 aliphatic heterocycles. The van der Waals surface area contributed by atoms with Gasteiger partial charge in [0.15, 0.2) is 10.5 Å². The van der Waals surface area contributed by atoms with Crippen LogP contribution in [0.2, 0.25) is 0 Å². The first-order chi connectivity index (χ1) is 1.91. The van der Waals surface area contributed by atoms with Crippen LogP contribution in [0.5, 0.6) is 0 Å². The molecule has 0 aromatic carbocycles. The number of rotatable bonds is 1. The van der Waals surface area contributed by atoms with Crippen LogP contribution in [-0.4, -0.2) is 15.4 Å². The zero-order valence-electron chi connectivity index (χ0n) is 2.36. The van der Waals surface area contributed by atoms with Crippen LogP contribution in [0.25, 0.3) is 0 Å². The molecule has 0 fully saturated rings. The van der Waals surface area contributed by atoms with Crippen LogP contribution >= 0.6 is 9.03 Å². The van der Waals surface area contributed by atoms with Crippen molar-refractivity contribution in [3.05, 3.63) is 0 Å². The monoisotopic (exact) mass is 96.0 g/mol. The van der Waals surface area contributed by atoms with Crippen LogP contribution < -0.4 is 0 Å². The fourth-order valence-electron chi connectivity index (χ4n) is 0. The Bertz CT molecular complexity index is 8.00. The van der Waals surface area contributed by atoms with Gasteiger partial charge in [0.05, 0.1) is 0 Å². The van der Waals surface area contributed by atoms with Crippen LogP contribution in [0, 0.1) is 0 Å². The molecule has 0 aromatic rings. The molecule has 0 bridgehead atoms. The first kappa shape index (κ1) is 4.57. The zero-order chi connectivity index (χ0) is 3.41. The van der Waals surface area contributed by atoms with E-state index in [4.69, 9.17) is 4.89 Å². The van der Waals surface area contributed by atoms with Gasteiger partial charge in [-0.1, -0.05) is 0 Å². The van der Waals surface area contributed by atoms with Crippen molar-refractivity contribution >= 4 is 19.5 Å². The standard InChI is InChI=1S/H5O2PSi/c1-3-2-4/h1,3H,4H3. The lowest BCUT2D eigenvalue weighted by molar-refractivity contribution is 0.542. The highest BCUT2D eigenvalue weighted by atomic mass is 31.1. The molecule has 0 heterocycles. The van der Waals surface area contributed by atoms with E-state index in [2.05, 4.69) is 4.21 Å². The second kappa shape index (κ2) is 3.57. The van der Waals surface area contributed by atoms with E-state index in [9.17, 15) is 0 Å². The average molecular weight is 96.1 g/mol. The Morgan fingerprint density at radius 1 is 2.00 bits per heavy atom. The van der Waals surface area contributed by atoms with Crippen molar-refractivity contribution in [3.63, 3.8) is 0 Å². The molecule has 0 saturated heterocycles. The maximum atomic E-state index is 7.72. The lowest BCUT2D eigenvalue weighted by Gasteiger charge is -1.76. The topological polar surface area (TPSA) is 29.5 Å². The molecular formula is H5O2PSi. The second-order valence-electron chi connectivity index (χ2n) is 0.295. The SMILES string of the molecule is OPO[SiH3]. The van der Waals surface area contributed by atoms with Crippen LogP contribution in [0.1, 0.15) is 0 Å². The van der Waals surface area contributed by atoms with Crippen LogP contribution in [0.3, 0.4) is 0 Å². The van der Waals surface area contributed by atoms with Crippen LogP contribution in [0.4, 0.5) is 0 Å². The molecule has 0 aromatic heterocycles. The summed E-state index contributed by atoms with van der Waals surface area (Å²) >= 11 is 0. The van der Waals surface area contributed by atoms with Crippen molar-refractivity contribution in [2.45, 2.75) is 0 Å². The molecule has 1 N–H and O–H groups in total. The third-order valence-electron chi connectivity index (χ3n) is 0.0913. The van der Waals surface area contributed by atoms with E-state index in [0.29, 0.717) is 10.5 Å². The summed E-state index contributed by atoms with van der Waals surface area (Å²) in [7, 11) is 0.354. The van der Waals surface area contributed by atoms with Gasteiger partial charge in [-0.05, 0) is 0 Å². The van der Waals surface area contributed by atoms with E-state index < -0.39 is 0 Å². The zero-order valence-corrected chi connectivity index (χ0v) is 5.36. The van der Waals surface area contributed by atoms with Gasteiger partial charge >= 0.3 is 0 Å². The fourth-order valence-corrected chi connectivity index (χ4v) is 0. The third kappa shape index (κ3) is 2.57. The molecule has 0 aliphatic rings. The van der Waals surface area contributed by atoms with E-state index in [1.54, 1.807) is 0 Å². The van der Waals surface area contributed by atoms with Gasteiger partial charge in [-0.3, -0.25) is 0 Å².